The maximum atomic E-state index is 11.2. The van der Waals surface area contributed by atoms with E-state index < -0.39 is 18.0 Å². The summed E-state index contributed by atoms with van der Waals surface area (Å²) in [6.45, 7) is 1.42. The van der Waals surface area contributed by atoms with Crippen molar-refractivity contribution >= 4 is 35.1 Å². The number of methoxy groups -OCH3 is 1. The first kappa shape index (κ1) is 14.6. The van der Waals surface area contributed by atoms with Crippen LogP contribution in [0.2, 0.25) is 10.0 Å². The van der Waals surface area contributed by atoms with Gasteiger partial charge in [0.1, 0.15) is 5.56 Å². The van der Waals surface area contributed by atoms with Crippen LogP contribution in [0.3, 0.4) is 0 Å². The third-order valence-electron chi connectivity index (χ3n) is 2.07. The Balaban J connectivity index is 3.15. The van der Waals surface area contributed by atoms with Crippen molar-refractivity contribution in [2.75, 3.05) is 7.11 Å². The molecule has 0 aliphatic rings. The summed E-state index contributed by atoms with van der Waals surface area (Å²) in [5.74, 6) is -2.02. The maximum Gasteiger partial charge on any atom is 0.346 e. The molecule has 0 saturated heterocycles. The lowest BCUT2D eigenvalue weighted by molar-refractivity contribution is -0.147. The van der Waals surface area contributed by atoms with E-state index in [4.69, 9.17) is 33.0 Å². The van der Waals surface area contributed by atoms with E-state index in [1.807, 2.05) is 0 Å². The van der Waals surface area contributed by atoms with Crippen LogP contribution in [-0.4, -0.2) is 30.3 Å². The molecule has 0 aliphatic heterocycles. The van der Waals surface area contributed by atoms with Gasteiger partial charge in [0.25, 0.3) is 0 Å². The van der Waals surface area contributed by atoms with Gasteiger partial charge in [-0.15, -0.1) is 0 Å². The van der Waals surface area contributed by atoms with Crippen molar-refractivity contribution < 1.29 is 24.2 Å². The number of rotatable bonds is 4. The van der Waals surface area contributed by atoms with E-state index in [9.17, 15) is 9.59 Å². The average molecular weight is 293 g/mol. The molecule has 0 radical (unpaired) electrons. The number of esters is 1. The van der Waals surface area contributed by atoms with Crippen LogP contribution >= 0.6 is 23.2 Å². The summed E-state index contributed by atoms with van der Waals surface area (Å²) in [7, 11) is 1.20. The van der Waals surface area contributed by atoms with Crippen LogP contribution < -0.4 is 4.74 Å². The third kappa shape index (κ3) is 3.27. The zero-order chi connectivity index (χ0) is 13.9. The summed E-state index contributed by atoms with van der Waals surface area (Å²) in [5.41, 5.74) is -0.219. The molecular formula is C11H10Cl2O5. The lowest BCUT2D eigenvalue weighted by Crippen LogP contribution is -2.25. The number of carbonyl (C=O) groups excluding carboxylic acids is 1. The zero-order valence-electron chi connectivity index (χ0n) is 9.57. The van der Waals surface area contributed by atoms with Crippen LogP contribution in [0.25, 0.3) is 0 Å². The van der Waals surface area contributed by atoms with Gasteiger partial charge in [-0.3, -0.25) is 0 Å². The van der Waals surface area contributed by atoms with Crippen LogP contribution in [0.1, 0.15) is 17.3 Å². The number of aromatic carboxylic acids is 1. The normalized spacial score (nSPS) is 11.8. The molecule has 0 fully saturated rings. The first-order valence-corrected chi connectivity index (χ1v) is 5.59. The summed E-state index contributed by atoms with van der Waals surface area (Å²) >= 11 is 11.5. The fraction of sp³-hybridized carbons (Fsp3) is 0.273. The number of hydrogen-bond donors (Lipinski definition) is 1. The molecule has 1 rings (SSSR count). The van der Waals surface area contributed by atoms with Crippen molar-refractivity contribution in [2.24, 2.45) is 0 Å². The van der Waals surface area contributed by atoms with E-state index in [0.29, 0.717) is 0 Å². The quantitative estimate of drug-likeness (QED) is 0.864. The van der Waals surface area contributed by atoms with Crippen molar-refractivity contribution in [3.8, 4) is 5.75 Å². The Morgan fingerprint density at radius 2 is 1.94 bits per heavy atom. The summed E-state index contributed by atoms with van der Waals surface area (Å²) in [6, 6.07) is 2.52. The minimum absolute atomic E-state index is 0.00986. The topological polar surface area (TPSA) is 72.8 Å². The molecule has 0 heterocycles. The molecular weight excluding hydrogens is 283 g/mol. The number of benzene rings is 1. The highest BCUT2D eigenvalue weighted by atomic mass is 35.5. The highest BCUT2D eigenvalue weighted by Gasteiger charge is 2.22. The molecule has 1 aromatic rings. The molecule has 98 valence electrons. The predicted molar refractivity (Wildman–Crippen MR) is 65.5 cm³/mol. The standard InChI is InChI=1S/C11H10Cl2O5/c1-5(11(16)17-2)18-9-7(10(14)15)3-6(12)4-8(9)13/h3-5H,1-2H3,(H,14,15). The average Bonchev–Trinajstić information content (AvgIpc) is 2.30. The van der Waals surface area contributed by atoms with E-state index >= 15 is 0 Å². The monoisotopic (exact) mass is 292 g/mol. The molecule has 1 unspecified atom stereocenters. The number of hydrogen-bond acceptors (Lipinski definition) is 4. The molecule has 0 amide bonds. The number of halogens is 2. The molecule has 7 heteroatoms. The largest absolute Gasteiger partial charge is 0.478 e. The predicted octanol–water partition coefficient (Wildman–Crippen LogP) is 2.63. The first-order valence-electron chi connectivity index (χ1n) is 4.83. The van der Waals surface area contributed by atoms with Gasteiger partial charge in [0.2, 0.25) is 0 Å². The Bertz CT molecular complexity index is 487. The number of carbonyl (C=O) groups is 2. The molecule has 18 heavy (non-hydrogen) atoms. The summed E-state index contributed by atoms with van der Waals surface area (Å²) in [5, 5.41) is 9.18. The second-order valence-corrected chi connectivity index (χ2v) is 4.20. The van der Waals surface area contributed by atoms with Crippen LogP contribution in [0.15, 0.2) is 12.1 Å². The van der Waals surface area contributed by atoms with Crippen molar-refractivity contribution in [1.29, 1.82) is 0 Å². The Morgan fingerprint density at radius 3 is 2.44 bits per heavy atom. The molecule has 0 bridgehead atoms. The zero-order valence-corrected chi connectivity index (χ0v) is 11.1. The van der Waals surface area contributed by atoms with Crippen molar-refractivity contribution in [1.82, 2.24) is 0 Å². The summed E-state index contributed by atoms with van der Waals surface area (Å²) in [4.78, 5) is 22.2. The smallest absolute Gasteiger partial charge is 0.346 e. The van der Waals surface area contributed by atoms with E-state index in [1.54, 1.807) is 0 Å². The second kappa shape index (κ2) is 5.93. The molecule has 0 spiro atoms. The van der Waals surface area contributed by atoms with E-state index in [-0.39, 0.29) is 21.4 Å². The van der Waals surface area contributed by atoms with E-state index in [1.165, 1.54) is 26.2 Å². The van der Waals surface area contributed by atoms with Crippen LogP contribution in [-0.2, 0) is 9.53 Å². The lowest BCUT2D eigenvalue weighted by atomic mass is 10.2. The summed E-state index contributed by atoms with van der Waals surface area (Å²) in [6.07, 6.45) is -0.980. The van der Waals surface area contributed by atoms with Gasteiger partial charge >= 0.3 is 11.9 Å². The molecule has 0 saturated carbocycles. The molecule has 1 aromatic carbocycles. The van der Waals surface area contributed by atoms with Crippen molar-refractivity contribution in [3.63, 3.8) is 0 Å². The minimum atomic E-state index is -1.26. The first-order chi connectivity index (χ1) is 8.36. The Morgan fingerprint density at radius 1 is 1.33 bits per heavy atom. The maximum absolute atomic E-state index is 11.2. The minimum Gasteiger partial charge on any atom is -0.478 e. The molecule has 1 N–H and O–H groups in total. The van der Waals surface area contributed by atoms with Crippen LogP contribution in [0.4, 0.5) is 0 Å². The summed E-state index contributed by atoms with van der Waals surface area (Å²) < 4.78 is 9.67. The van der Waals surface area contributed by atoms with Gasteiger partial charge in [-0.05, 0) is 19.1 Å². The van der Waals surface area contributed by atoms with Gasteiger partial charge in [-0.2, -0.15) is 0 Å². The fourth-order valence-electron chi connectivity index (χ4n) is 1.23. The lowest BCUT2D eigenvalue weighted by Gasteiger charge is -2.15. The van der Waals surface area contributed by atoms with Gasteiger partial charge in [-0.25, -0.2) is 9.59 Å². The molecule has 0 aliphatic carbocycles. The van der Waals surface area contributed by atoms with Gasteiger partial charge in [0.05, 0.1) is 12.1 Å². The third-order valence-corrected chi connectivity index (χ3v) is 2.57. The van der Waals surface area contributed by atoms with Crippen molar-refractivity contribution in [3.05, 3.63) is 27.7 Å². The van der Waals surface area contributed by atoms with Gasteiger partial charge in [-0.1, -0.05) is 23.2 Å². The Kier molecular flexibility index (Phi) is 4.81. The highest BCUT2D eigenvalue weighted by Crippen LogP contribution is 2.33. The number of carboxylic acids is 1. The number of ether oxygens (including phenoxy) is 2. The Hall–Kier alpha value is -1.46. The highest BCUT2D eigenvalue weighted by molar-refractivity contribution is 6.36. The number of carboxylic acid groups (broad SMARTS) is 1. The van der Waals surface area contributed by atoms with Gasteiger partial charge in [0.15, 0.2) is 11.9 Å². The van der Waals surface area contributed by atoms with Crippen LogP contribution in [0, 0.1) is 0 Å². The van der Waals surface area contributed by atoms with E-state index in [0.717, 1.165) is 0 Å². The van der Waals surface area contributed by atoms with Crippen LogP contribution in [0.5, 0.6) is 5.75 Å². The second-order valence-electron chi connectivity index (χ2n) is 3.35. The molecule has 5 nitrogen and oxygen atoms in total. The fourth-order valence-corrected chi connectivity index (χ4v) is 1.77. The van der Waals surface area contributed by atoms with Crippen molar-refractivity contribution in [2.45, 2.75) is 13.0 Å². The van der Waals surface area contributed by atoms with E-state index in [2.05, 4.69) is 4.74 Å². The molecule has 1 atom stereocenters. The molecule has 0 aromatic heterocycles. The van der Waals surface area contributed by atoms with Gasteiger partial charge in [0, 0.05) is 5.02 Å². The Labute approximate surface area is 113 Å². The SMILES string of the molecule is COC(=O)C(C)Oc1c(Cl)cc(Cl)cc1C(=O)O. The van der Waals surface area contributed by atoms with Gasteiger partial charge < -0.3 is 14.6 Å².